The fourth-order valence-electron chi connectivity index (χ4n) is 10.2. The number of hydrogen-bond donors (Lipinski definition) is 2. The summed E-state index contributed by atoms with van der Waals surface area (Å²) in [4.78, 5) is 30.4. The second kappa shape index (κ2) is 16.9. The standard InChI is InChI=1S/C50H54BNO6Si/c1-5-17-34(30-35-27-28-44(53)41-25-16-15-24-40(35)41)26-29-45-46-36(33-57-59(50(2,3)4,38-20-11-7-12-21-38)39-22-13-8-14-23-39)31-42-47(43(46)32-51(56)58-45)49(55)52(48(42)54)37-18-9-6-10-19-37/h6-16,18-25,27-28,30,42-43,45,47,53,56H,5,17,26,29,31-33H2,1-4H3/b34-30+/t42-,43+,45-,47-/m1/s1. The third-order valence-corrected chi connectivity index (χ3v) is 17.8. The average Bonchev–Trinajstić information content (AvgIpc) is 3.49. The molecule has 3 aliphatic rings. The molecule has 302 valence electrons. The molecule has 0 radical (unpaired) electrons. The van der Waals surface area contributed by atoms with Crippen LogP contribution in [0.15, 0.2) is 144 Å². The molecule has 5 aromatic carbocycles. The van der Waals surface area contributed by atoms with Gasteiger partial charge in [-0.15, -0.1) is 0 Å². The third kappa shape index (κ3) is 7.66. The number of para-hydroxylation sites is 1. The molecule has 0 aromatic heterocycles. The van der Waals surface area contributed by atoms with Crippen molar-refractivity contribution in [2.45, 2.75) is 77.3 Å². The molecule has 2 saturated heterocycles. The van der Waals surface area contributed by atoms with Crippen LogP contribution in [0.4, 0.5) is 5.69 Å². The fourth-order valence-corrected chi connectivity index (χ4v) is 14.8. The van der Waals surface area contributed by atoms with Crippen LogP contribution >= 0.6 is 0 Å². The van der Waals surface area contributed by atoms with Crippen molar-refractivity contribution in [1.29, 1.82) is 0 Å². The topological polar surface area (TPSA) is 96.3 Å². The summed E-state index contributed by atoms with van der Waals surface area (Å²) in [6.45, 7) is 9.23. The molecule has 0 saturated carbocycles. The van der Waals surface area contributed by atoms with E-state index < -0.39 is 33.4 Å². The van der Waals surface area contributed by atoms with Crippen LogP contribution in [0.3, 0.4) is 0 Å². The lowest BCUT2D eigenvalue weighted by Crippen LogP contribution is -2.66. The highest BCUT2D eigenvalue weighted by atomic mass is 28.4. The van der Waals surface area contributed by atoms with Crippen LogP contribution in [-0.4, -0.2) is 50.1 Å². The molecule has 2 aliphatic heterocycles. The van der Waals surface area contributed by atoms with Gasteiger partial charge in [-0.3, -0.25) is 14.5 Å². The van der Waals surface area contributed by atoms with Crippen molar-refractivity contribution in [1.82, 2.24) is 0 Å². The quantitative estimate of drug-likeness (QED) is 0.0743. The molecule has 7 nitrogen and oxygen atoms in total. The molecular formula is C50H54BNO6Si. The largest absolute Gasteiger partial charge is 0.507 e. The molecule has 2 amide bonds. The van der Waals surface area contributed by atoms with Crippen LogP contribution in [0.2, 0.25) is 11.4 Å². The van der Waals surface area contributed by atoms with Gasteiger partial charge in [0.1, 0.15) is 5.75 Å². The summed E-state index contributed by atoms with van der Waals surface area (Å²) in [5.74, 6) is -1.71. The maximum absolute atomic E-state index is 14.5. The van der Waals surface area contributed by atoms with Crippen molar-refractivity contribution in [3.05, 3.63) is 150 Å². The second-order valence-corrected chi connectivity index (χ2v) is 21.7. The first-order chi connectivity index (χ1) is 28.5. The highest BCUT2D eigenvalue weighted by molar-refractivity contribution is 6.99. The van der Waals surface area contributed by atoms with Crippen molar-refractivity contribution in [3.8, 4) is 5.75 Å². The van der Waals surface area contributed by atoms with Crippen molar-refractivity contribution in [2.75, 3.05) is 11.5 Å². The molecule has 4 atom stereocenters. The van der Waals surface area contributed by atoms with Gasteiger partial charge in [-0.05, 0) is 93.6 Å². The zero-order chi connectivity index (χ0) is 41.3. The Labute approximate surface area is 349 Å². The van der Waals surface area contributed by atoms with Crippen LogP contribution < -0.4 is 15.3 Å². The Morgan fingerprint density at radius 1 is 0.814 bits per heavy atom. The molecule has 0 unspecified atom stereocenters. The molecule has 5 aromatic rings. The van der Waals surface area contributed by atoms with Crippen molar-refractivity contribution >= 4 is 60.2 Å². The second-order valence-electron chi connectivity index (χ2n) is 17.4. The molecule has 1 aliphatic carbocycles. The van der Waals surface area contributed by atoms with E-state index in [0.717, 1.165) is 40.3 Å². The van der Waals surface area contributed by atoms with E-state index in [1.165, 1.54) is 20.8 Å². The van der Waals surface area contributed by atoms with Gasteiger partial charge >= 0.3 is 7.12 Å². The number of hydrogen-bond acceptors (Lipinski definition) is 6. The Hall–Kier alpha value is -5.06. The van der Waals surface area contributed by atoms with Crippen LogP contribution in [0.1, 0.15) is 65.4 Å². The van der Waals surface area contributed by atoms with Gasteiger partial charge in [0, 0.05) is 5.39 Å². The van der Waals surface area contributed by atoms with E-state index in [4.69, 9.17) is 9.08 Å². The number of phenolic OH excluding ortho intramolecular Hbond substituents is 1. The summed E-state index contributed by atoms with van der Waals surface area (Å²) in [7, 11) is -4.07. The minimum Gasteiger partial charge on any atom is -0.507 e. The van der Waals surface area contributed by atoms with Crippen molar-refractivity contribution < 1.29 is 28.8 Å². The zero-order valence-electron chi connectivity index (χ0n) is 34.5. The van der Waals surface area contributed by atoms with Crippen LogP contribution in [-0.2, 0) is 18.7 Å². The number of phenols is 1. The first-order valence-electron chi connectivity index (χ1n) is 21.1. The minimum absolute atomic E-state index is 0.194. The van der Waals surface area contributed by atoms with Crippen molar-refractivity contribution in [2.24, 2.45) is 17.8 Å². The van der Waals surface area contributed by atoms with Gasteiger partial charge in [0.2, 0.25) is 11.8 Å². The highest BCUT2D eigenvalue weighted by Crippen LogP contribution is 2.52. The van der Waals surface area contributed by atoms with E-state index in [0.29, 0.717) is 24.9 Å². The molecule has 8 rings (SSSR count). The molecule has 59 heavy (non-hydrogen) atoms. The Kier molecular flexibility index (Phi) is 11.7. The van der Waals surface area contributed by atoms with Gasteiger partial charge in [-0.2, -0.15) is 0 Å². The number of amides is 2. The van der Waals surface area contributed by atoms with Crippen LogP contribution in [0.5, 0.6) is 5.75 Å². The smallest absolute Gasteiger partial charge is 0.455 e. The number of rotatable bonds is 12. The van der Waals surface area contributed by atoms with Gasteiger partial charge in [-0.1, -0.05) is 155 Å². The highest BCUT2D eigenvalue weighted by Gasteiger charge is 2.58. The van der Waals surface area contributed by atoms with E-state index in [2.05, 4.69) is 82.3 Å². The lowest BCUT2D eigenvalue weighted by molar-refractivity contribution is -0.122. The number of aromatic hydroxyl groups is 1. The Bertz CT molecular complexity index is 2340. The maximum atomic E-state index is 14.5. The number of imide groups is 1. The number of fused-ring (bicyclic) bond motifs is 4. The number of carbonyl (C=O) groups is 2. The third-order valence-electron chi connectivity index (χ3n) is 12.8. The van der Waals surface area contributed by atoms with E-state index in [1.807, 2.05) is 72.8 Å². The van der Waals surface area contributed by atoms with Crippen LogP contribution in [0.25, 0.3) is 16.8 Å². The van der Waals surface area contributed by atoms with E-state index in [-0.39, 0.29) is 41.4 Å². The number of allylic oxidation sites excluding steroid dienone is 1. The molecular weight excluding hydrogens is 749 g/mol. The normalized spacial score (nSPS) is 21.3. The summed E-state index contributed by atoms with van der Waals surface area (Å²) in [5, 5.41) is 25.9. The predicted molar refractivity (Wildman–Crippen MR) is 240 cm³/mol. The summed E-state index contributed by atoms with van der Waals surface area (Å²) in [6, 6.07) is 41.9. The average molecular weight is 804 g/mol. The first kappa shape index (κ1) is 40.7. The Morgan fingerprint density at radius 2 is 1.42 bits per heavy atom. The molecule has 9 heteroatoms. The molecule has 2 N–H and O–H groups in total. The minimum atomic E-state index is -2.99. The van der Waals surface area contributed by atoms with E-state index >= 15 is 0 Å². The van der Waals surface area contributed by atoms with E-state index in [1.54, 1.807) is 6.07 Å². The molecule has 0 spiro atoms. The predicted octanol–water partition coefficient (Wildman–Crippen LogP) is 9.09. The summed E-state index contributed by atoms with van der Waals surface area (Å²) >= 11 is 0. The van der Waals surface area contributed by atoms with E-state index in [9.17, 15) is 19.7 Å². The van der Waals surface area contributed by atoms with Gasteiger partial charge in [-0.25, -0.2) is 0 Å². The van der Waals surface area contributed by atoms with Crippen molar-refractivity contribution in [3.63, 3.8) is 0 Å². The lowest BCUT2D eigenvalue weighted by atomic mass is 9.58. The molecule has 0 bridgehead atoms. The number of carbonyl (C=O) groups excluding carboxylic acids is 2. The zero-order valence-corrected chi connectivity index (χ0v) is 35.5. The molecule has 2 heterocycles. The number of anilines is 1. The molecule has 2 fully saturated rings. The summed E-state index contributed by atoms with van der Waals surface area (Å²) < 4.78 is 14.1. The number of benzene rings is 5. The summed E-state index contributed by atoms with van der Waals surface area (Å²) in [5.41, 5.74) is 4.87. The van der Waals surface area contributed by atoms with Crippen LogP contribution in [0, 0.1) is 17.8 Å². The Balaban J connectivity index is 1.21. The van der Waals surface area contributed by atoms with Gasteiger partial charge < -0.3 is 19.2 Å². The van der Waals surface area contributed by atoms with Gasteiger partial charge in [0.25, 0.3) is 8.32 Å². The fraction of sp³-hybridized carbons (Fsp3) is 0.320. The maximum Gasteiger partial charge on any atom is 0.455 e. The summed E-state index contributed by atoms with van der Waals surface area (Å²) in [6.07, 6.45) is 5.50. The first-order valence-corrected chi connectivity index (χ1v) is 23.1. The number of nitrogens with zero attached hydrogens (tertiary/aromatic N) is 1. The monoisotopic (exact) mass is 803 g/mol. The lowest BCUT2D eigenvalue weighted by Gasteiger charge is -2.46. The SMILES string of the molecule is CCC/C(=C\c1ccc(O)c2ccccc12)CC[C@H]1OB(O)C[C@H]2C1=C(CO[Si](c1ccccc1)(c1ccccc1)C(C)(C)C)C[C@H]1C(=O)N(c3ccccc3)C(=O)[C@H]12. The van der Waals surface area contributed by atoms with Gasteiger partial charge in [0.15, 0.2) is 0 Å². The van der Waals surface area contributed by atoms with Gasteiger partial charge in [0.05, 0.1) is 30.2 Å². The Morgan fingerprint density at radius 3 is 2.05 bits per heavy atom.